The molecule has 0 fully saturated rings. The van der Waals surface area contributed by atoms with Crippen LogP contribution in [0.4, 0.5) is 0 Å². The third kappa shape index (κ3) is 2.20. The number of carbonyl (C=O) groups is 1. The Morgan fingerprint density at radius 3 is 1.62 bits per heavy atom. The first-order chi connectivity index (χ1) is 7.33. The van der Waals surface area contributed by atoms with Crippen LogP contribution >= 0.6 is 0 Å². The van der Waals surface area contributed by atoms with E-state index in [9.17, 15) is 9.90 Å². The van der Waals surface area contributed by atoms with Crippen LogP contribution in [0.15, 0.2) is 0 Å². The standard InChI is InChI=1S/C10H20O6/c1-9(7(11)12,8(13-3)14-4)10(2,15-5)16-6/h8H,1-6H3,(H,11,12). The largest absolute Gasteiger partial charge is 0.481 e. The minimum Gasteiger partial charge on any atom is -0.481 e. The highest BCUT2D eigenvalue weighted by molar-refractivity contribution is 5.76. The average molecular weight is 236 g/mol. The van der Waals surface area contributed by atoms with Gasteiger partial charge in [-0.3, -0.25) is 4.79 Å². The second-order valence-electron chi connectivity index (χ2n) is 3.66. The number of carboxylic acid groups (broad SMARTS) is 1. The van der Waals surface area contributed by atoms with Crippen LogP contribution in [0.5, 0.6) is 0 Å². The van der Waals surface area contributed by atoms with E-state index in [0.717, 1.165) is 0 Å². The summed E-state index contributed by atoms with van der Waals surface area (Å²) >= 11 is 0. The number of hydrogen-bond donors (Lipinski definition) is 1. The molecule has 0 rings (SSSR count). The second kappa shape index (κ2) is 5.58. The van der Waals surface area contributed by atoms with Crippen molar-refractivity contribution in [1.82, 2.24) is 0 Å². The Morgan fingerprint density at radius 1 is 1.06 bits per heavy atom. The molecule has 1 atom stereocenters. The van der Waals surface area contributed by atoms with Gasteiger partial charge in [-0.15, -0.1) is 0 Å². The summed E-state index contributed by atoms with van der Waals surface area (Å²) in [7, 11) is 5.46. The maximum atomic E-state index is 11.4. The summed E-state index contributed by atoms with van der Waals surface area (Å²) in [5.41, 5.74) is -1.50. The van der Waals surface area contributed by atoms with E-state index in [1.165, 1.54) is 42.3 Å². The molecular weight excluding hydrogens is 216 g/mol. The lowest BCUT2D eigenvalue weighted by atomic mass is 9.80. The van der Waals surface area contributed by atoms with Crippen molar-refractivity contribution in [3.05, 3.63) is 0 Å². The van der Waals surface area contributed by atoms with Crippen LogP contribution in [0.2, 0.25) is 0 Å². The van der Waals surface area contributed by atoms with Crippen molar-refractivity contribution >= 4 is 5.97 Å². The normalized spacial score (nSPS) is 16.2. The molecule has 0 aliphatic heterocycles. The maximum Gasteiger partial charge on any atom is 0.320 e. The molecule has 1 unspecified atom stereocenters. The van der Waals surface area contributed by atoms with Crippen molar-refractivity contribution in [3.63, 3.8) is 0 Å². The van der Waals surface area contributed by atoms with Gasteiger partial charge in [-0.1, -0.05) is 0 Å². The number of methoxy groups -OCH3 is 4. The predicted octanol–water partition coefficient (Wildman–Crippen LogP) is 0.705. The van der Waals surface area contributed by atoms with E-state index >= 15 is 0 Å². The van der Waals surface area contributed by atoms with Crippen LogP contribution in [0, 0.1) is 5.41 Å². The molecule has 0 aromatic heterocycles. The monoisotopic (exact) mass is 236 g/mol. The van der Waals surface area contributed by atoms with Gasteiger partial charge in [0.1, 0.15) is 0 Å². The van der Waals surface area contributed by atoms with Crippen molar-refractivity contribution in [2.24, 2.45) is 5.41 Å². The van der Waals surface area contributed by atoms with E-state index in [-0.39, 0.29) is 0 Å². The molecule has 1 N–H and O–H groups in total. The van der Waals surface area contributed by atoms with Crippen LogP contribution in [0.3, 0.4) is 0 Å². The number of aliphatic carboxylic acids is 1. The van der Waals surface area contributed by atoms with E-state index < -0.39 is 23.5 Å². The lowest BCUT2D eigenvalue weighted by molar-refractivity contribution is -0.314. The summed E-state index contributed by atoms with van der Waals surface area (Å²) in [6.45, 7) is 2.96. The van der Waals surface area contributed by atoms with Gasteiger partial charge in [0.25, 0.3) is 0 Å². The highest BCUT2D eigenvalue weighted by Crippen LogP contribution is 2.39. The molecule has 0 spiro atoms. The van der Waals surface area contributed by atoms with Crippen molar-refractivity contribution < 1.29 is 28.8 Å². The molecule has 0 aromatic rings. The number of hydrogen-bond acceptors (Lipinski definition) is 5. The van der Waals surface area contributed by atoms with Gasteiger partial charge in [0.15, 0.2) is 17.5 Å². The van der Waals surface area contributed by atoms with Gasteiger partial charge in [0, 0.05) is 28.4 Å². The van der Waals surface area contributed by atoms with Gasteiger partial charge in [-0.2, -0.15) is 0 Å². The molecule has 0 heterocycles. The van der Waals surface area contributed by atoms with E-state index in [4.69, 9.17) is 18.9 Å². The number of rotatable bonds is 7. The predicted molar refractivity (Wildman–Crippen MR) is 56.0 cm³/mol. The molecule has 0 aliphatic carbocycles. The zero-order chi connectivity index (χ0) is 13.0. The van der Waals surface area contributed by atoms with E-state index in [1.807, 2.05) is 0 Å². The molecule has 0 aromatic carbocycles. The first-order valence-corrected chi connectivity index (χ1v) is 4.73. The topological polar surface area (TPSA) is 74.2 Å². The summed E-state index contributed by atoms with van der Waals surface area (Å²) in [5.74, 6) is -2.50. The van der Waals surface area contributed by atoms with Crippen molar-refractivity contribution in [3.8, 4) is 0 Å². The fourth-order valence-electron chi connectivity index (χ4n) is 1.58. The third-order valence-electron chi connectivity index (χ3n) is 3.07. The quantitative estimate of drug-likeness (QED) is 0.656. The summed E-state index contributed by atoms with van der Waals surface area (Å²) < 4.78 is 20.3. The molecule has 16 heavy (non-hydrogen) atoms. The Kier molecular flexibility index (Phi) is 5.34. The van der Waals surface area contributed by atoms with Gasteiger partial charge in [0.2, 0.25) is 0 Å². The molecular formula is C10H20O6. The van der Waals surface area contributed by atoms with E-state index in [1.54, 1.807) is 0 Å². The summed E-state index contributed by atoms with van der Waals surface area (Å²) in [5, 5.41) is 9.34. The second-order valence-corrected chi connectivity index (χ2v) is 3.66. The lowest BCUT2D eigenvalue weighted by Gasteiger charge is -2.43. The summed E-state index contributed by atoms with van der Waals surface area (Å²) in [4.78, 5) is 11.4. The molecule has 96 valence electrons. The van der Waals surface area contributed by atoms with Crippen LogP contribution in [0.25, 0.3) is 0 Å². The molecule has 6 nitrogen and oxygen atoms in total. The van der Waals surface area contributed by atoms with Crippen LogP contribution in [-0.2, 0) is 23.7 Å². The fraction of sp³-hybridized carbons (Fsp3) is 0.900. The molecule has 6 heteroatoms. The van der Waals surface area contributed by atoms with Gasteiger partial charge in [-0.25, -0.2) is 0 Å². The first-order valence-electron chi connectivity index (χ1n) is 4.73. The molecule has 0 saturated heterocycles. The third-order valence-corrected chi connectivity index (χ3v) is 3.07. The average Bonchev–Trinajstić information content (AvgIpc) is 2.28. The minimum absolute atomic E-state index is 0.991. The van der Waals surface area contributed by atoms with Crippen LogP contribution in [0.1, 0.15) is 13.8 Å². The fourth-order valence-corrected chi connectivity index (χ4v) is 1.58. The Hall–Kier alpha value is -0.690. The van der Waals surface area contributed by atoms with Gasteiger partial charge >= 0.3 is 5.97 Å². The zero-order valence-electron chi connectivity index (χ0n) is 10.6. The molecule has 0 amide bonds. The van der Waals surface area contributed by atoms with Gasteiger partial charge < -0.3 is 24.1 Å². The maximum absolute atomic E-state index is 11.4. The summed E-state index contributed by atoms with van der Waals surface area (Å²) in [6, 6.07) is 0. The Balaban J connectivity index is 5.48. The van der Waals surface area contributed by atoms with Crippen LogP contribution < -0.4 is 0 Å². The zero-order valence-corrected chi connectivity index (χ0v) is 10.6. The number of ether oxygens (including phenoxy) is 4. The Morgan fingerprint density at radius 2 is 1.44 bits per heavy atom. The van der Waals surface area contributed by atoms with Crippen molar-refractivity contribution in [2.75, 3.05) is 28.4 Å². The number of carboxylic acids is 1. The van der Waals surface area contributed by atoms with Gasteiger partial charge in [-0.05, 0) is 13.8 Å². The molecule has 0 saturated carbocycles. The minimum atomic E-state index is -1.50. The highest BCUT2D eigenvalue weighted by Gasteiger charge is 2.58. The Labute approximate surface area is 95.4 Å². The lowest BCUT2D eigenvalue weighted by Crippen LogP contribution is -2.59. The first kappa shape index (κ1) is 15.3. The smallest absolute Gasteiger partial charge is 0.320 e. The molecule has 0 radical (unpaired) electrons. The van der Waals surface area contributed by atoms with E-state index in [2.05, 4.69) is 0 Å². The Bertz CT molecular complexity index is 233. The van der Waals surface area contributed by atoms with E-state index in [0.29, 0.717) is 0 Å². The molecule has 0 bridgehead atoms. The summed E-state index contributed by atoms with van der Waals surface area (Å²) in [6.07, 6.45) is -0.991. The van der Waals surface area contributed by atoms with Gasteiger partial charge in [0.05, 0.1) is 0 Å². The SMILES string of the molecule is COC(OC)C(C)(C(=O)O)C(C)(OC)OC. The van der Waals surface area contributed by atoms with Crippen LogP contribution in [-0.4, -0.2) is 51.6 Å². The molecule has 0 aliphatic rings. The van der Waals surface area contributed by atoms with Crippen molar-refractivity contribution in [2.45, 2.75) is 25.9 Å². The highest BCUT2D eigenvalue weighted by atomic mass is 16.7. The van der Waals surface area contributed by atoms with Crippen molar-refractivity contribution in [1.29, 1.82) is 0 Å².